The van der Waals surface area contributed by atoms with Gasteiger partial charge in [0.2, 0.25) is 0 Å². The number of hydrogen-bond donors (Lipinski definition) is 1. The maximum atomic E-state index is 12.3. The van der Waals surface area contributed by atoms with Crippen LogP contribution in [0.15, 0.2) is 60.7 Å². The van der Waals surface area contributed by atoms with Crippen LogP contribution in [0.2, 0.25) is 0 Å². The van der Waals surface area contributed by atoms with Crippen LogP contribution in [0.5, 0.6) is 0 Å². The first-order valence-electron chi connectivity index (χ1n) is 7.76. The number of rotatable bonds is 8. The molecule has 5 heteroatoms. The van der Waals surface area contributed by atoms with Gasteiger partial charge in [-0.1, -0.05) is 48.5 Å². The molecule has 0 bridgehead atoms. The molecule has 1 N–H and O–H groups in total. The number of hydrogen-bond acceptors (Lipinski definition) is 4. The molecule has 0 aromatic heterocycles. The molecule has 0 unspecified atom stereocenters. The summed E-state index contributed by atoms with van der Waals surface area (Å²) in [6.45, 7) is 0.205. The van der Waals surface area contributed by atoms with Gasteiger partial charge in [0.05, 0.1) is 0 Å². The van der Waals surface area contributed by atoms with E-state index in [-0.39, 0.29) is 12.5 Å². The fraction of sp³-hybridized carbons (Fsp3) is 0.263. The number of carbonyl (C=O) groups is 2. The van der Waals surface area contributed by atoms with Crippen LogP contribution in [0.3, 0.4) is 0 Å². The molecule has 0 saturated carbocycles. The largest absolute Gasteiger partial charge is 0.459 e. The Morgan fingerprint density at radius 1 is 1.04 bits per heavy atom. The molecule has 0 aliphatic carbocycles. The fourth-order valence-corrected chi connectivity index (χ4v) is 2.62. The van der Waals surface area contributed by atoms with Crippen LogP contribution in [0.25, 0.3) is 0 Å². The minimum absolute atomic E-state index is 0.205. The monoisotopic (exact) mass is 343 g/mol. The molecule has 4 nitrogen and oxygen atoms in total. The van der Waals surface area contributed by atoms with Gasteiger partial charge in [-0.25, -0.2) is 4.79 Å². The highest BCUT2D eigenvalue weighted by atomic mass is 32.2. The second kappa shape index (κ2) is 9.78. The van der Waals surface area contributed by atoms with E-state index in [0.29, 0.717) is 12.0 Å². The maximum Gasteiger partial charge on any atom is 0.329 e. The van der Waals surface area contributed by atoms with E-state index in [9.17, 15) is 9.59 Å². The number of benzene rings is 2. The number of nitrogens with one attached hydrogen (secondary N) is 1. The average molecular weight is 343 g/mol. The van der Waals surface area contributed by atoms with E-state index >= 15 is 0 Å². The topological polar surface area (TPSA) is 55.4 Å². The molecule has 2 rings (SSSR count). The molecule has 0 radical (unpaired) electrons. The third kappa shape index (κ3) is 5.74. The van der Waals surface area contributed by atoms with Gasteiger partial charge in [0, 0.05) is 5.56 Å². The van der Waals surface area contributed by atoms with Gasteiger partial charge in [-0.2, -0.15) is 11.8 Å². The van der Waals surface area contributed by atoms with Crippen LogP contribution in [0, 0.1) is 0 Å². The van der Waals surface area contributed by atoms with Crippen molar-refractivity contribution in [1.29, 1.82) is 0 Å². The molecule has 0 heterocycles. The Labute approximate surface area is 146 Å². The third-order valence-corrected chi connectivity index (χ3v) is 4.10. The van der Waals surface area contributed by atoms with Crippen molar-refractivity contribution >= 4 is 23.6 Å². The van der Waals surface area contributed by atoms with Crippen molar-refractivity contribution in [1.82, 2.24) is 5.32 Å². The molecule has 1 atom stereocenters. The summed E-state index contributed by atoms with van der Waals surface area (Å²) in [5.41, 5.74) is 1.45. The molecule has 2 aromatic rings. The lowest BCUT2D eigenvalue weighted by Gasteiger charge is -2.17. The zero-order valence-corrected chi connectivity index (χ0v) is 14.4. The van der Waals surface area contributed by atoms with E-state index in [1.807, 2.05) is 42.7 Å². The van der Waals surface area contributed by atoms with Gasteiger partial charge in [0.25, 0.3) is 5.91 Å². The van der Waals surface area contributed by atoms with Gasteiger partial charge in [0.1, 0.15) is 12.6 Å². The van der Waals surface area contributed by atoms with Crippen LogP contribution in [-0.2, 0) is 16.1 Å². The Bertz CT molecular complexity index is 646. The molecule has 2 aromatic carbocycles. The first kappa shape index (κ1) is 18.1. The van der Waals surface area contributed by atoms with E-state index < -0.39 is 12.0 Å². The predicted octanol–water partition coefficient (Wildman–Crippen LogP) is 3.28. The summed E-state index contributed by atoms with van der Waals surface area (Å²) in [4.78, 5) is 24.6. The molecule has 1 amide bonds. The summed E-state index contributed by atoms with van der Waals surface area (Å²) >= 11 is 1.63. The van der Waals surface area contributed by atoms with Crippen molar-refractivity contribution in [2.75, 3.05) is 12.0 Å². The molecular formula is C19H21NO3S. The summed E-state index contributed by atoms with van der Waals surface area (Å²) < 4.78 is 5.36. The number of esters is 1. The SMILES string of the molecule is CSCC[C@@H](NC(=O)c1ccccc1)C(=O)OCc1ccccc1. The average Bonchev–Trinajstić information content (AvgIpc) is 2.64. The van der Waals surface area contributed by atoms with E-state index in [2.05, 4.69) is 5.32 Å². The normalized spacial score (nSPS) is 11.5. The molecule has 0 saturated heterocycles. The zero-order chi connectivity index (χ0) is 17.2. The lowest BCUT2D eigenvalue weighted by molar-refractivity contribution is -0.147. The van der Waals surface area contributed by atoms with Gasteiger partial charge < -0.3 is 10.1 Å². The number of thioether (sulfide) groups is 1. The van der Waals surface area contributed by atoms with Crippen molar-refractivity contribution in [3.8, 4) is 0 Å². The van der Waals surface area contributed by atoms with Gasteiger partial charge in [-0.3, -0.25) is 4.79 Å². The Kier molecular flexibility index (Phi) is 7.36. The van der Waals surface area contributed by atoms with Crippen LogP contribution in [-0.4, -0.2) is 29.9 Å². The Hall–Kier alpha value is -2.27. The molecule has 0 aliphatic rings. The summed E-state index contributed by atoms with van der Waals surface area (Å²) in [7, 11) is 0. The highest BCUT2D eigenvalue weighted by Gasteiger charge is 2.22. The summed E-state index contributed by atoms with van der Waals surface area (Å²) in [6, 6.07) is 17.7. The van der Waals surface area contributed by atoms with E-state index in [1.165, 1.54) is 0 Å². The Morgan fingerprint density at radius 3 is 2.29 bits per heavy atom. The smallest absolute Gasteiger partial charge is 0.329 e. The van der Waals surface area contributed by atoms with E-state index in [4.69, 9.17) is 4.74 Å². The van der Waals surface area contributed by atoms with Crippen LogP contribution in [0.1, 0.15) is 22.3 Å². The lowest BCUT2D eigenvalue weighted by Crippen LogP contribution is -2.42. The van der Waals surface area contributed by atoms with E-state index in [0.717, 1.165) is 11.3 Å². The molecular weight excluding hydrogens is 322 g/mol. The van der Waals surface area contributed by atoms with Gasteiger partial charge in [0.15, 0.2) is 0 Å². The second-order valence-electron chi connectivity index (χ2n) is 5.27. The molecule has 0 spiro atoms. The second-order valence-corrected chi connectivity index (χ2v) is 6.25. The van der Waals surface area contributed by atoms with Gasteiger partial charge >= 0.3 is 5.97 Å². The van der Waals surface area contributed by atoms with Crippen molar-refractivity contribution in [3.05, 3.63) is 71.8 Å². The minimum Gasteiger partial charge on any atom is -0.459 e. The zero-order valence-electron chi connectivity index (χ0n) is 13.6. The number of amides is 1. The number of ether oxygens (including phenoxy) is 1. The summed E-state index contributed by atoms with van der Waals surface area (Å²) in [5, 5.41) is 2.78. The summed E-state index contributed by atoms with van der Waals surface area (Å²) in [6.07, 6.45) is 2.50. The highest BCUT2D eigenvalue weighted by Crippen LogP contribution is 2.08. The fourth-order valence-electron chi connectivity index (χ4n) is 2.15. The van der Waals surface area contributed by atoms with Gasteiger partial charge in [-0.15, -0.1) is 0 Å². The van der Waals surface area contributed by atoms with Gasteiger partial charge in [-0.05, 0) is 36.1 Å². The minimum atomic E-state index is -0.645. The first-order valence-corrected chi connectivity index (χ1v) is 9.15. The van der Waals surface area contributed by atoms with Crippen molar-refractivity contribution in [3.63, 3.8) is 0 Å². The quantitative estimate of drug-likeness (QED) is 0.748. The third-order valence-electron chi connectivity index (χ3n) is 3.46. The Morgan fingerprint density at radius 2 is 1.67 bits per heavy atom. The first-order chi connectivity index (χ1) is 11.7. The predicted molar refractivity (Wildman–Crippen MR) is 96.9 cm³/mol. The lowest BCUT2D eigenvalue weighted by atomic mass is 10.1. The summed E-state index contributed by atoms with van der Waals surface area (Å²) in [5.74, 6) is 0.0933. The standard InChI is InChI=1S/C19H21NO3S/c1-24-13-12-17(20-18(21)16-10-6-3-7-11-16)19(22)23-14-15-8-4-2-5-9-15/h2-11,17H,12-14H2,1H3,(H,20,21)/t17-/m1/s1. The van der Waals surface area contributed by atoms with E-state index in [1.54, 1.807) is 36.0 Å². The van der Waals surface area contributed by atoms with Crippen LogP contribution < -0.4 is 5.32 Å². The Balaban J connectivity index is 1.96. The molecule has 24 heavy (non-hydrogen) atoms. The molecule has 0 aliphatic heterocycles. The van der Waals surface area contributed by atoms with Crippen LogP contribution >= 0.6 is 11.8 Å². The highest BCUT2D eigenvalue weighted by molar-refractivity contribution is 7.98. The molecule has 0 fully saturated rings. The van der Waals surface area contributed by atoms with Crippen molar-refractivity contribution < 1.29 is 14.3 Å². The van der Waals surface area contributed by atoms with Crippen LogP contribution in [0.4, 0.5) is 0 Å². The van der Waals surface area contributed by atoms with Crippen molar-refractivity contribution in [2.24, 2.45) is 0 Å². The maximum absolute atomic E-state index is 12.3. The molecule has 126 valence electrons. The number of carbonyl (C=O) groups excluding carboxylic acids is 2. The van der Waals surface area contributed by atoms with Crippen molar-refractivity contribution in [2.45, 2.75) is 19.1 Å².